The van der Waals surface area contributed by atoms with Gasteiger partial charge in [0.05, 0.1) is 11.3 Å². The molecule has 0 aliphatic heterocycles. The smallest absolute Gasteiger partial charge is 0.261 e. The largest absolute Gasteiger partial charge is 0.326 e. The summed E-state index contributed by atoms with van der Waals surface area (Å²) in [6.07, 6.45) is 0. The molecule has 2 aromatic carbocycles. The zero-order valence-corrected chi connectivity index (χ0v) is 15.8. The monoisotopic (exact) mass is 413 g/mol. The Labute approximate surface area is 167 Å². The summed E-state index contributed by atoms with van der Waals surface area (Å²) in [6.45, 7) is 1.43. The summed E-state index contributed by atoms with van der Waals surface area (Å²) in [5, 5.41) is 11.2. The average molecular weight is 413 g/mol. The summed E-state index contributed by atoms with van der Waals surface area (Å²) >= 11 is 1.32. The standard InChI is InChI=1S/C19H13F2N5O2S/c1-10(27)22-13-5-2-11(3-6-13)16-9-29-19-24-18(25-26(16)19)23-17(28)14-7-4-12(20)8-15(14)21/h2-9H,1H3,(H,22,27)(H,23,25,28). The van der Waals surface area contributed by atoms with Crippen LogP contribution in [0.25, 0.3) is 16.2 Å². The predicted molar refractivity (Wildman–Crippen MR) is 105 cm³/mol. The second-order valence-corrected chi connectivity index (χ2v) is 6.92. The van der Waals surface area contributed by atoms with E-state index in [2.05, 4.69) is 20.7 Å². The van der Waals surface area contributed by atoms with E-state index in [1.807, 2.05) is 17.5 Å². The highest BCUT2D eigenvalue weighted by molar-refractivity contribution is 7.15. The number of hydrogen-bond acceptors (Lipinski definition) is 5. The second-order valence-electron chi connectivity index (χ2n) is 6.09. The van der Waals surface area contributed by atoms with Crippen molar-refractivity contribution in [1.29, 1.82) is 0 Å². The number of thiazole rings is 1. The van der Waals surface area contributed by atoms with Crippen LogP contribution in [0.2, 0.25) is 0 Å². The topological polar surface area (TPSA) is 88.4 Å². The molecule has 0 saturated carbocycles. The zero-order chi connectivity index (χ0) is 20.5. The highest BCUT2D eigenvalue weighted by atomic mass is 32.1. The van der Waals surface area contributed by atoms with Crippen molar-refractivity contribution in [2.45, 2.75) is 6.92 Å². The highest BCUT2D eigenvalue weighted by Crippen LogP contribution is 2.27. The maximum Gasteiger partial charge on any atom is 0.261 e. The van der Waals surface area contributed by atoms with Crippen molar-refractivity contribution in [2.24, 2.45) is 0 Å². The van der Waals surface area contributed by atoms with Crippen LogP contribution in [0.15, 0.2) is 47.8 Å². The third kappa shape index (κ3) is 3.83. The summed E-state index contributed by atoms with van der Waals surface area (Å²) in [6, 6.07) is 9.85. The maximum atomic E-state index is 13.8. The molecule has 0 fully saturated rings. The van der Waals surface area contributed by atoms with Gasteiger partial charge in [-0.25, -0.2) is 13.3 Å². The van der Waals surface area contributed by atoms with E-state index in [9.17, 15) is 18.4 Å². The molecular formula is C19H13F2N5O2S. The molecule has 0 spiro atoms. The molecule has 146 valence electrons. The number of nitrogens with zero attached hydrogens (tertiary/aromatic N) is 3. The van der Waals surface area contributed by atoms with E-state index >= 15 is 0 Å². The fraction of sp³-hybridized carbons (Fsp3) is 0.0526. The first-order valence-electron chi connectivity index (χ1n) is 8.39. The van der Waals surface area contributed by atoms with Crippen LogP contribution < -0.4 is 10.6 Å². The molecule has 0 unspecified atom stereocenters. The van der Waals surface area contributed by atoms with Crippen LogP contribution in [-0.4, -0.2) is 26.4 Å². The molecule has 0 aliphatic rings. The van der Waals surface area contributed by atoms with Gasteiger partial charge in [0.15, 0.2) is 0 Å². The van der Waals surface area contributed by atoms with Crippen molar-refractivity contribution in [3.8, 4) is 11.3 Å². The Hall–Kier alpha value is -3.66. The summed E-state index contributed by atoms with van der Waals surface area (Å²) in [5.74, 6) is -2.68. The lowest BCUT2D eigenvalue weighted by Gasteiger charge is -2.04. The molecule has 0 saturated heterocycles. The van der Waals surface area contributed by atoms with Gasteiger partial charge in [-0.15, -0.1) is 16.4 Å². The number of hydrogen-bond donors (Lipinski definition) is 2. The molecule has 4 rings (SSSR count). The number of fused-ring (bicyclic) bond motifs is 1. The Bertz CT molecular complexity index is 1230. The Kier molecular flexibility index (Phi) is 4.77. The summed E-state index contributed by atoms with van der Waals surface area (Å²) in [4.78, 5) is 28.1. The van der Waals surface area contributed by atoms with Gasteiger partial charge >= 0.3 is 0 Å². The Morgan fingerprint density at radius 2 is 1.83 bits per heavy atom. The fourth-order valence-corrected chi connectivity index (χ4v) is 3.53. The summed E-state index contributed by atoms with van der Waals surface area (Å²) < 4.78 is 28.3. The van der Waals surface area contributed by atoms with Crippen LogP contribution in [0.1, 0.15) is 17.3 Å². The predicted octanol–water partition coefficient (Wildman–Crippen LogP) is 3.95. The third-order valence-electron chi connectivity index (χ3n) is 3.98. The molecule has 0 aliphatic carbocycles. The molecule has 2 heterocycles. The Morgan fingerprint density at radius 3 is 2.52 bits per heavy atom. The average Bonchev–Trinajstić information content (AvgIpc) is 3.22. The van der Waals surface area contributed by atoms with E-state index in [0.29, 0.717) is 16.7 Å². The number of carbonyl (C=O) groups is 2. The van der Waals surface area contributed by atoms with Crippen molar-refractivity contribution in [2.75, 3.05) is 10.6 Å². The van der Waals surface area contributed by atoms with E-state index < -0.39 is 17.5 Å². The van der Waals surface area contributed by atoms with Crippen LogP contribution in [0, 0.1) is 11.6 Å². The zero-order valence-electron chi connectivity index (χ0n) is 14.9. The number of carbonyl (C=O) groups excluding carboxylic acids is 2. The van der Waals surface area contributed by atoms with E-state index in [0.717, 1.165) is 23.4 Å². The van der Waals surface area contributed by atoms with Gasteiger partial charge < -0.3 is 5.32 Å². The molecular weight excluding hydrogens is 400 g/mol. The van der Waals surface area contributed by atoms with Crippen LogP contribution in [0.5, 0.6) is 0 Å². The minimum Gasteiger partial charge on any atom is -0.326 e. The van der Waals surface area contributed by atoms with Crippen LogP contribution in [-0.2, 0) is 4.79 Å². The van der Waals surface area contributed by atoms with Crippen molar-refractivity contribution in [1.82, 2.24) is 14.6 Å². The number of benzene rings is 2. The lowest BCUT2D eigenvalue weighted by atomic mass is 10.1. The van der Waals surface area contributed by atoms with Crippen LogP contribution in [0.3, 0.4) is 0 Å². The van der Waals surface area contributed by atoms with E-state index in [4.69, 9.17) is 0 Å². The van der Waals surface area contributed by atoms with Gasteiger partial charge in [0, 0.05) is 29.6 Å². The number of rotatable bonds is 4. The van der Waals surface area contributed by atoms with Gasteiger partial charge in [-0.3, -0.25) is 14.9 Å². The van der Waals surface area contributed by atoms with Crippen molar-refractivity contribution >= 4 is 39.7 Å². The van der Waals surface area contributed by atoms with Gasteiger partial charge in [-0.05, 0) is 24.3 Å². The maximum absolute atomic E-state index is 13.8. The number of nitrogens with one attached hydrogen (secondary N) is 2. The molecule has 10 heteroatoms. The van der Waals surface area contributed by atoms with Crippen LogP contribution >= 0.6 is 11.3 Å². The van der Waals surface area contributed by atoms with Gasteiger partial charge in [-0.1, -0.05) is 12.1 Å². The van der Waals surface area contributed by atoms with Gasteiger partial charge in [0.2, 0.25) is 10.9 Å². The number of aromatic nitrogens is 3. The minimum absolute atomic E-state index is 0.00157. The van der Waals surface area contributed by atoms with Crippen LogP contribution in [0.4, 0.5) is 20.4 Å². The third-order valence-corrected chi connectivity index (χ3v) is 4.80. The van der Waals surface area contributed by atoms with Gasteiger partial charge in [0.25, 0.3) is 11.9 Å². The number of amides is 2. The van der Waals surface area contributed by atoms with E-state index in [-0.39, 0.29) is 17.4 Å². The van der Waals surface area contributed by atoms with E-state index in [1.54, 1.807) is 16.6 Å². The Balaban J connectivity index is 1.59. The van der Waals surface area contributed by atoms with Gasteiger partial charge in [-0.2, -0.15) is 4.98 Å². The SMILES string of the molecule is CC(=O)Nc1ccc(-c2csc3nc(NC(=O)c4ccc(F)cc4F)nn23)cc1. The molecule has 7 nitrogen and oxygen atoms in total. The molecule has 2 N–H and O–H groups in total. The first-order chi connectivity index (χ1) is 13.9. The molecule has 2 amide bonds. The Morgan fingerprint density at radius 1 is 1.07 bits per heavy atom. The van der Waals surface area contributed by atoms with Crippen molar-refractivity contribution < 1.29 is 18.4 Å². The second kappa shape index (κ2) is 7.40. The minimum atomic E-state index is -0.969. The summed E-state index contributed by atoms with van der Waals surface area (Å²) in [5.41, 5.74) is 1.93. The lowest BCUT2D eigenvalue weighted by Crippen LogP contribution is -2.15. The molecule has 4 aromatic rings. The number of halogens is 2. The van der Waals surface area contributed by atoms with Crippen molar-refractivity contribution in [3.05, 3.63) is 65.0 Å². The molecule has 0 bridgehead atoms. The summed E-state index contributed by atoms with van der Waals surface area (Å²) in [7, 11) is 0. The van der Waals surface area contributed by atoms with Crippen molar-refractivity contribution in [3.63, 3.8) is 0 Å². The first-order valence-corrected chi connectivity index (χ1v) is 9.27. The molecule has 2 aromatic heterocycles. The fourth-order valence-electron chi connectivity index (χ4n) is 2.70. The molecule has 0 atom stereocenters. The van der Waals surface area contributed by atoms with E-state index in [1.165, 1.54) is 18.3 Å². The van der Waals surface area contributed by atoms with Gasteiger partial charge in [0.1, 0.15) is 11.6 Å². The first kappa shape index (κ1) is 18.7. The highest BCUT2D eigenvalue weighted by Gasteiger charge is 2.17. The molecule has 0 radical (unpaired) electrons. The molecule has 29 heavy (non-hydrogen) atoms. The lowest BCUT2D eigenvalue weighted by molar-refractivity contribution is -0.114. The quantitative estimate of drug-likeness (QED) is 0.530. The number of anilines is 2. The normalized spacial score (nSPS) is 10.9.